The standard InChI is InChI=1S/C26H32N4O2/c1-3-4-17-29(18-22-11-8-16-28(22)2)25(31)19-30(21-14-15-21)26(32)27-24-13-7-10-20-9-5-6-12-23(20)24/h5-13,16,21H,3-4,14-15,17-19H2,1-2H3,(H,27,32). The molecule has 0 spiro atoms. The van der Waals surface area contributed by atoms with Gasteiger partial charge in [0, 0.05) is 36.9 Å². The van der Waals surface area contributed by atoms with Crippen LogP contribution in [0.5, 0.6) is 0 Å². The Morgan fingerprint density at radius 1 is 1.06 bits per heavy atom. The number of carbonyl (C=O) groups is 2. The van der Waals surface area contributed by atoms with Crippen molar-refractivity contribution < 1.29 is 9.59 Å². The Bertz CT molecular complexity index is 1080. The lowest BCUT2D eigenvalue weighted by molar-refractivity contribution is -0.132. The number of nitrogens with one attached hydrogen (secondary N) is 1. The van der Waals surface area contributed by atoms with Gasteiger partial charge in [-0.1, -0.05) is 49.7 Å². The number of hydrogen-bond acceptors (Lipinski definition) is 2. The summed E-state index contributed by atoms with van der Waals surface area (Å²) in [4.78, 5) is 30.1. The van der Waals surface area contributed by atoms with Crippen LogP contribution >= 0.6 is 0 Å². The van der Waals surface area contributed by atoms with E-state index in [2.05, 4.69) is 12.2 Å². The van der Waals surface area contributed by atoms with Crippen molar-refractivity contribution in [3.05, 3.63) is 66.5 Å². The van der Waals surface area contributed by atoms with E-state index in [1.54, 1.807) is 4.90 Å². The number of anilines is 1. The molecular weight excluding hydrogens is 400 g/mol. The molecule has 4 rings (SSSR count). The van der Waals surface area contributed by atoms with Gasteiger partial charge in [0.25, 0.3) is 0 Å². The molecule has 0 aliphatic heterocycles. The quantitative estimate of drug-likeness (QED) is 0.517. The number of nitrogens with zero attached hydrogens (tertiary/aromatic N) is 3. The zero-order chi connectivity index (χ0) is 22.5. The van der Waals surface area contributed by atoms with Gasteiger partial charge in [-0.25, -0.2) is 4.79 Å². The van der Waals surface area contributed by atoms with Gasteiger partial charge < -0.3 is 19.7 Å². The van der Waals surface area contributed by atoms with Gasteiger partial charge in [0.1, 0.15) is 6.54 Å². The van der Waals surface area contributed by atoms with E-state index >= 15 is 0 Å². The summed E-state index contributed by atoms with van der Waals surface area (Å²) in [5, 5.41) is 5.14. The minimum absolute atomic E-state index is 0.000352. The molecule has 0 bridgehead atoms. The Morgan fingerprint density at radius 3 is 2.56 bits per heavy atom. The van der Waals surface area contributed by atoms with Crippen LogP contribution in [0.4, 0.5) is 10.5 Å². The molecule has 168 valence electrons. The zero-order valence-electron chi connectivity index (χ0n) is 19.0. The lowest BCUT2D eigenvalue weighted by Crippen LogP contribution is -2.45. The summed E-state index contributed by atoms with van der Waals surface area (Å²) in [6, 6.07) is 17.8. The van der Waals surface area contributed by atoms with E-state index < -0.39 is 0 Å². The van der Waals surface area contributed by atoms with Crippen molar-refractivity contribution in [1.29, 1.82) is 0 Å². The molecule has 1 aromatic heterocycles. The first-order valence-electron chi connectivity index (χ1n) is 11.5. The molecule has 1 aliphatic carbocycles. The van der Waals surface area contributed by atoms with Crippen molar-refractivity contribution in [2.24, 2.45) is 7.05 Å². The van der Waals surface area contributed by atoms with Gasteiger partial charge in [-0.3, -0.25) is 4.79 Å². The predicted molar refractivity (Wildman–Crippen MR) is 128 cm³/mol. The van der Waals surface area contributed by atoms with E-state index in [0.29, 0.717) is 13.1 Å². The Balaban J connectivity index is 1.48. The van der Waals surface area contributed by atoms with Crippen molar-refractivity contribution in [2.45, 2.75) is 45.2 Å². The smallest absolute Gasteiger partial charge is 0.322 e. The highest BCUT2D eigenvalue weighted by Crippen LogP contribution is 2.29. The molecule has 6 heteroatoms. The van der Waals surface area contributed by atoms with Gasteiger partial charge in [-0.2, -0.15) is 0 Å². The van der Waals surface area contributed by atoms with E-state index in [-0.39, 0.29) is 24.5 Å². The number of fused-ring (bicyclic) bond motifs is 1. The van der Waals surface area contributed by atoms with E-state index in [1.807, 2.05) is 77.3 Å². The monoisotopic (exact) mass is 432 g/mol. The van der Waals surface area contributed by atoms with E-state index in [9.17, 15) is 9.59 Å². The molecule has 1 saturated carbocycles. The minimum Gasteiger partial charge on any atom is -0.353 e. The van der Waals surface area contributed by atoms with Crippen LogP contribution in [0.3, 0.4) is 0 Å². The number of carbonyl (C=O) groups excluding carboxylic acids is 2. The Hall–Kier alpha value is -3.28. The summed E-state index contributed by atoms with van der Waals surface area (Å²) in [5.41, 5.74) is 1.87. The summed E-state index contributed by atoms with van der Waals surface area (Å²) in [7, 11) is 1.99. The maximum absolute atomic E-state index is 13.3. The second kappa shape index (κ2) is 9.90. The lowest BCUT2D eigenvalue weighted by Gasteiger charge is -2.28. The van der Waals surface area contributed by atoms with Crippen LogP contribution in [0, 0.1) is 0 Å². The van der Waals surface area contributed by atoms with Gasteiger partial charge in [-0.15, -0.1) is 0 Å². The minimum atomic E-state index is -0.202. The second-order valence-electron chi connectivity index (χ2n) is 8.60. The molecule has 1 heterocycles. The average Bonchev–Trinajstić information content (AvgIpc) is 3.56. The third-order valence-electron chi connectivity index (χ3n) is 6.12. The van der Waals surface area contributed by atoms with Crippen LogP contribution in [0.15, 0.2) is 60.8 Å². The molecule has 3 aromatic rings. The SMILES string of the molecule is CCCCN(Cc1cccn1C)C(=O)CN(C(=O)Nc1cccc2ccccc12)C1CC1. The van der Waals surface area contributed by atoms with Crippen molar-refractivity contribution in [1.82, 2.24) is 14.4 Å². The molecule has 32 heavy (non-hydrogen) atoms. The van der Waals surface area contributed by atoms with E-state index in [1.165, 1.54) is 0 Å². The summed E-state index contributed by atoms with van der Waals surface area (Å²) in [5.74, 6) is -0.000352. The molecular formula is C26H32N4O2. The third kappa shape index (κ3) is 5.13. The summed E-state index contributed by atoms with van der Waals surface area (Å²) in [6.45, 7) is 3.49. The van der Waals surface area contributed by atoms with Crippen LogP contribution < -0.4 is 5.32 Å². The maximum atomic E-state index is 13.3. The molecule has 3 amide bonds. The molecule has 1 N–H and O–H groups in total. The van der Waals surface area contributed by atoms with Crippen molar-refractivity contribution in [3.8, 4) is 0 Å². The fourth-order valence-electron chi connectivity index (χ4n) is 4.02. The number of urea groups is 1. The maximum Gasteiger partial charge on any atom is 0.322 e. The Kier molecular flexibility index (Phi) is 6.78. The van der Waals surface area contributed by atoms with Crippen LogP contribution in [0.1, 0.15) is 38.3 Å². The number of aryl methyl sites for hydroxylation is 1. The van der Waals surface area contributed by atoms with Gasteiger partial charge >= 0.3 is 6.03 Å². The first-order valence-corrected chi connectivity index (χ1v) is 11.5. The molecule has 6 nitrogen and oxygen atoms in total. The highest BCUT2D eigenvalue weighted by Gasteiger charge is 2.35. The van der Waals surface area contributed by atoms with Crippen LogP contribution in [-0.4, -0.2) is 45.4 Å². The molecule has 2 aromatic carbocycles. The fourth-order valence-corrected chi connectivity index (χ4v) is 4.02. The first kappa shape index (κ1) is 21.9. The summed E-state index contributed by atoms with van der Waals surface area (Å²) in [6.07, 6.45) is 5.85. The number of aromatic nitrogens is 1. The number of amides is 3. The largest absolute Gasteiger partial charge is 0.353 e. The summed E-state index contributed by atoms with van der Waals surface area (Å²) >= 11 is 0. The predicted octanol–water partition coefficient (Wildman–Crippen LogP) is 5.00. The molecule has 1 aliphatic rings. The van der Waals surface area contributed by atoms with Gasteiger partial charge in [0.2, 0.25) is 5.91 Å². The van der Waals surface area contributed by atoms with Crippen LogP contribution in [0.25, 0.3) is 10.8 Å². The van der Waals surface area contributed by atoms with E-state index in [0.717, 1.165) is 47.8 Å². The average molecular weight is 433 g/mol. The van der Waals surface area contributed by atoms with Crippen LogP contribution in [0.2, 0.25) is 0 Å². The molecule has 1 fully saturated rings. The lowest BCUT2D eigenvalue weighted by atomic mass is 10.1. The fraction of sp³-hybridized carbons (Fsp3) is 0.385. The zero-order valence-corrected chi connectivity index (χ0v) is 19.0. The van der Waals surface area contributed by atoms with Gasteiger partial charge in [0.05, 0.1) is 12.2 Å². The normalized spacial score (nSPS) is 13.2. The molecule has 0 radical (unpaired) electrons. The third-order valence-corrected chi connectivity index (χ3v) is 6.12. The highest BCUT2D eigenvalue weighted by molar-refractivity contribution is 6.02. The van der Waals surface area contributed by atoms with E-state index in [4.69, 9.17) is 0 Å². The van der Waals surface area contributed by atoms with Crippen molar-refractivity contribution in [3.63, 3.8) is 0 Å². The van der Waals surface area contributed by atoms with Crippen molar-refractivity contribution >= 4 is 28.4 Å². The van der Waals surface area contributed by atoms with Crippen molar-refractivity contribution in [2.75, 3.05) is 18.4 Å². The first-order chi connectivity index (χ1) is 15.6. The topological polar surface area (TPSA) is 57.6 Å². The number of benzene rings is 2. The Morgan fingerprint density at radius 2 is 1.84 bits per heavy atom. The van der Waals surface area contributed by atoms with Gasteiger partial charge in [0.15, 0.2) is 0 Å². The molecule has 0 atom stereocenters. The van der Waals surface area contributed by atoms with Gasteiger partial charge in [-0.05, 0) is 42.8 Å². The Labute approximate surface area is 189 Å². The molecule has 0 unspecified atom stereocenters. The second-order valence-corrected chi connectivity index (χ2v) is 8.60. The number of unbranched alkanes of at least 4 members (excludes halogenated alkanes) is 1. The summed E-state index contributed by atoms with van der Waals surface area (Å²) < 4.78 is 2.04. The highest BCUT2D eigenvalue weighted by atomic mass is 16.2. The van der Waals surface area contributed by atoms with Crippen LogP contribution in [-0.2, 0) is 18.4 Å². The molecule has 0 saturated heterocycles. The number of hydrogen-bond donors (Lipinski definition) is 1. The number of rotatable bonds is 9.